The zero-order valence-electron chi connectivity index (χ0n) is 16.7. The molecule has 0 bridgehead atoms. The average Bonchev–Trinajstić information content (AvgIpc) is 3.01. The number of hydrogen-bond donors (Lipinski definition) is 1. The van der Waals surface area contributed by atoms with Gasteiger partial charge in [0.25, 0.3) is 0 Å². The van der Waals surface area contributed by atoms with Crippen molar-refractivity contribution in [2.75, 3.05) is 5.32 Å². The molecule has 1 heterocycles. The van der Waals surface area contributed by atoms with Crippen LogP contribution in [0.3, 0.4) is 0 Å². The highest BCUT2D eigenvalue weighted by Crippen LogP contribution is 2.34. The highest BCUT2D eigenvalue weighted by Gasteiger charge is 2.21. The summed E-state index contributed by atoms with van der Waals surface area (Å²) in [5, 5.41) is 8.88. The van der Waals surface area contributed by atoms with E-state index in [4.69, 9.17) is 4.42 Å². The Morgan fingerprint density at radius 3 is 2.07 bits per heavy atom. The maximum absolute atomic E-state index is 6.45. The van der Waals surface area contributed by atoms with Gasteiger partial charge in [0.05, 0.1) is 22.6 Å². The van der Waals surface area contributed by atoms with E-state index in [-0.39, 0.29) is 0 Å². The van der Waals surface area contributed by atoms with E-state index >= 15 is 0 Å². The van der Waals surface area contributed by atoms with Crippen molar-refractivity contribution >= 4 is 60.6 Å². The second kappa shape index (κ2) is 6.69. The van der Waals surface area contributed by atoms with Gasteiger partial charge in [-0.15, -0.1) is 0 Å². The molecule has 4 heteroatoms. The summed E-state index contributed by atoms with van der Waals surface area (Å²) in [5.41, 5.74) is 4.25. The van der Waals surface area contributed by atoms with Crippen molar-refractivity contribution in [1.82, 2.24) is 0 Å². The molecule has 2 nitrogen and oxygen atoms in total. The van der Waals surface area contributed by atoms with Gasteiger partial charge in [0.2, 0.25) is 0 Å². The van der Waals surface area contributed by atoms with Gasteiger partial charge in [-0.2, -0.15) is 0 Å². The molecule has 0 atom stereocenters. The van der Waals surface area contributed by atoms with Crippen molar-refractivity contribution in [3.8, 4) is 0 Å². The van der Waals surface area contributed by atoms with Gasteiger partial charge in [0, 0.05) is 16.5 Å². The second-order valence-electron chi connectivity index (χ2n) is 8.39. The Labute approximate surface area is 163 Å². The Morgan fingerprint density at radius 1 is 0.741 bits per heavy atom. The highest BCUT2D eigenvalue weighted by molar-refractivity contribution is 6.89. The van der Waals surface area contributed by atoms with Crippen molar-refractivity contribution < 1.29 is 4.42 Å². The molecule has 0 aliphatic heterocycles. The molecular formula is C23H26NOSi2. The molecule has 3 aromatic carbocycles. The fourth-order valence-corrected chi connectivity index (χ4v) is 6.32. The summed E-state index contributed by atoms with van der Waals surface area (Å²) >= 11 is 0. The quantitative estimate of drug-likeness (QED) is 0.445. The van der Waals surface area contributed by atoms with Gasteiger partial charge in [-0.3, -0.25) is 0 Å². The third kappa shape index (κ3) is 3.24. The van der Waals surface area contributed by atoms with E-state index in [1.807, 2.05) is 0 Å². The van der Waals surface area contributed by atoms with E-state index in [1.165, 1.54) is 26.8 Å². The number of anilines is 2. The number of nitrogens with one attached hydrogen (secondary N) is 1. The Bertz CT molecular complexity index is 1120. The van der Waals surface area contributed by atoms with Crippen LogP contribution in [0.2, 0.25) is 32.7 Å². The third-order valence-electron chi connectivity index (χ3n) is 5.07. The molecule has 0 amide bonds. The number of para-hydroxylation sites is 3. The molecule has 0 aliphatic carbocycles. The van der Waals surface area contributed by atoms with Crippen molar-refractivity contribution in [3.05, 3.63) is 60.7 Å². The smallest absolute Gasteiger partial charge is 0.158 e. The van der Waals surface area contributed by atoms with Crippen LogP contribution in [0.25, 0.3) is 21.9 Å². The molecule has 0 saturated carbocycles. The number of hydrogen-bond acceptors (Lipinski definition) is 2. The number of benzene rings is 3. The van der Waals surface area contributed by atoms with E-state index < -0.39 is 16.9 Å². The van der Waals surface area contributed by atoms with Gasteiger partial charge in [-0.05, 0) is 22.5 Å². The molecule has 27 heavy (non-hydrogen) atoms. The predicted molar refractivity (Wildman–Crippen MR) is 124 cm³/mol. The predicted octanol–water partition coefficient (Wildman–Crippen LogP) is 5.84. The van der Waals surface area contributed by atoms with E-state index in [2.05, 4.69) is 98.7 Å². The lowest BCUT2D eigenvalue weighted by Gasteiger charge is -2.21. The summed E-state index contributed by atoms with van der Waals surface area (Å²) in [4.78, 5) is 0. The van der Waals surface area contributed by atoms with Gasteiger partial charge < -0.3 is 9.73 Å². The summed E-state index contributed by atoms with van der Waals surface area (Å²) in [5.74, 6) is 0. The first-order chi connectivity index (χ1) is 12.9. The Balaban J connectivity index is 1.90. The molecular weight excluding hydrogens is 362 g/mol. The monoisotopic (exact) mass is 388 g/mol. The van der Waals surface area contributed by atoms with Crippen LogP contribution >= 0.6 is 0 Å². The van der Waals surface area contributed by atoms with Crippen LogP contribution < -0.4 is 15.7 Å². The Kier molecular flexibility index (Phi) is 4.48. The SMILES string of the molecule is C[Si](C)c1cccc2c1oc1c(Nc3ccccc3[Si](C)(C)C)cccc12. The van der Waals surface area contributed by atoms with E-state index in [9.17, 15) is 0 Å². The Hall–Kier alpha value is -2.31. The topological polar surface area (TPSA) is 25.2 Å². The number of rotatable bonds is 4. The Morgan fingerprint density at radius 2 is 1.37 bits per heavy atom. The van der Waals surface area contributed by atoms with E-state index in [1.54, 1.807) is 0 Å². The maximum atomic E-state index is 6.45. The van der Waals surface area contributed by atoms with Crippen molar-refractivity contribution in [2.24, 2.45) is 0 Å². The summed E-state index contributed by atoms with van der Waals surface area (Å²) in [6.07, 6.45) is 0. The van der Waals surface area contributed by atoms with Crippen molar-refractivity contribution in [3.63, 3.8) is 0 Å². The van der Waals surface area contributed by atoms with Crippen LogP contribution in [-0.2, 0) is 0 Å². The van der Waals surface area contributed by atoms with Gasteiger partial charge in [-0.1, -0.05) is 81.3 Å². The molecule has 4 aromatic rings. The largest absolute Gasteiger partial charge is 0.454 e. The fourth-order valence-electron chi connectivity index (χ4n) is 3.70. The molecule has 137 valence electrons. The van der Waals surface area contributed by atoms with Crippen molar-refractivity contribution in [1.29, 1.82) is 0 Å². The summed E-state index contributed by atoms with van der Waals surface area (Å²) in [6.45, 7) is 11.8. The molecule has 1 radical (unpaired) electrons. The van der Waals surface area contributed by atoms with Crippen LogP contribution in [0, 0.1) is 0 Å². The van der Waals surface area contributed by atoms with Crippen LogP contribution in [0.5, 0.6) is 0 Å². The zero-order valence-corrected chi connectivity index (χ0v) is 18.7. The minimum Gasteiger partial charge on any atom is -0.454 e. The average molecular weight is 389 g/mol. The van der Waals surface area contributed by atoms with Gasteiger partial charge >= 0.3 is 0 Å². The fraction of sp³-hybridized carbons (Fsp3) is 0.217. The standard InChI is InChI=1S/C23H26NOSi2/c1-26(2)20-14-9-11-17-16-10-8-13-19(22(16)25-23(17)20)24-18-12-6-7-15-21(18)27(3,4)5/h6-15,24H,1-5H3. The summed E-state index contributed by atoms with van der Waals surface area (Å²) < 4.78 is 6.45. The summed E-state index contributed by atoms with van der Waals surface area (Å²) in [6, 6.07) is 21.6. The normalized spacial score (nSPS) is 12.2. The van der Waals surface area contributed by atoms with Crippen molar-refractivity contribution in [2.45, 2.75) is 32.7 Å². The molecule has 0 spiro atoms. The minimum absolute atomic E-state index is 0.589. The molecule has 0 aliphatic rings. The second-order valence-corrected chi connectivity index (χ2v) is 16.0. The third-order valence-corrected chi connectivity index (χ3v) is 8.59. The van der Waals surface area contributed by atoms with E-state index in [0.29, 0.717) is 0 Å². The number of furan rings is 1. The summed E-state index contributed by atoms with van der Waals surface area (Å²) in [7, 11) is -2.03. The molecule has 4 rings (SSSR count). The highest BCUT2D eigenvalue weighted by atomic mass is 28.3. The van der Waals surface area contributed by atoms with Gasteiger partial charge in [0.15, 0.2) is 5.58 Å². The van der Waals surface area contributed by atoms with Gasteiger partial charge in [0.1, 0.15) is 5.58 Å². The first-order valence-corrected chi connectivity index (χ1v) is 15.5. The first-order valence-electron chi connectivity index (χ1n) is 9.47. The minimum atomic E-state index is -1.44. The van der Waals surface area contributed by atoms with Crippen LogP contribution in [-0.4, -0.2) is 16.9 Å². The molecule has 0 saturated heterocycles. The first kappa shape index (κ1) is 18.1. The maximum Gasteiger partial charge on any atom is 0.158 e. The molecule has 1 N–H and O–H groups in total. The van der Waals surface area contributed by atoms with E-state index in [0.717, 1.165) is 16.9 Å². The molecule has 0 unspecified atom stereocenters. The lowest BCUT2D eigenvalue weighted by Crippen LogP contribution is -2.38. The number of fused-ring (bicyclic) bond motifs is 3. The van der Waals surface area contributed by atoms with Crippen LogP contribution in [0.1, 0.15) is 0 Å². The van der Waals surface area contributed by atoms with Crippen LogP contribution in [0.4, 0.5) is 11.4 Å². The molecule has 1 aromatic heterocycles. The lowest BCUT2D eigenvalue weighted by molar-refractivity contribution is 0.672. The lowest BCUT2D eigenvalue weighted by atomic mass is 10.1. The molecule has 0 fully saturated rings. The zero-order chi connectivity index (χ0) is 19.2. The van der Waals surface area contributed by atoms with Crippen LogP contribution in [0.15, 0.2) is 65.1 Å². The van der Waals surface area contributed by atoms with Gasteiger partial charge in [-0.25, -0.2) is 0 Å².